The van der Waals surface area contributed by atoms with Gasteiger partial charge in [-0.15, -0.1) is 0 Å². The maximum absolute atomic E-state index is 10.8. The normalized spacial score (nSPS) is 15.0. The van der Waals surface area contributed by atoms with Crippen LogP contribution in [-0.2, 0) is 6.54 Å². The second kappa shape index (κ2) is 7.53. The summed E-state index contributed by atoms with van der Waals surface area (Å²) in [4.78, 5) is 1.99. The number of para-hydroxylation sites is 2. The van der Waals surface area contributed by atoms with Gasteiger partial charge in [0.15, 0.2) is 17.6 Å². The minimum absolute atomic E-state index is 0.0923. The van der Waals surface area contributed by atoms with E-state index in [9.17, 15) is 5.11 Å². The number of ether oxygens (including phenoxy) is 2. The molecule has 0 saturated heterocycles. The van der Waals surface area contributed by atoms with E-state index >= 15 is 0 Å². The van der Waals surface area contributed by atoms with Crippen molar-refractivity contribution in [2.45, 2.75) is 18.9 Å². The van der Waals surface area contributed by atoms with Crippen molar-refractivity contribution >= 4 is 15.9 Å². The molecule has 0 aliphatic carbocycles. The highest BCUT2D eigenvalue weighted by molar-refractivity contribution is 9.10. The van der Waals surface area contributed by atoms with Gasteiger partial charge in [-0.05, 0) is 42.4 Å². The van der Waals surface area contributed by atoms with E-state index in [1.54, 1.807) is 0 Å². The summed E-state index contributed by atoms with van der Waals surface area (Å²) in [7, 11) is 1.92. The van der Waals surface area contributed by atoms with Crippen molar-refractivity contribution in [3.63, 3.8) is 0 Å². The van der Waals surface area contributed by atoms with Gasteiger partial charge in [-0.2, -0.15) is 0 Å². The molecule has 1 heterocycles. The highest BCUT2D eigenvalue weighted by Gasteiger charge is 2.33. The molecule has 5 nitrogen and oxygen atoms in total. The Labute approximate surface area is 149 Å². The van der Waals surface area contributed by atoms with Crippen LogP contribution in [0.15, 0.2) is 46.9 Å². The van der Waals surface area contributed by atoms with Crippen LogP contribution in [0.1, 0.15) is 17.2 Å². The van der Waals surface area contributed by atoms with E-state index in [1.807, 2.05) is 54.4 Å². The number of benzene rings is 2. The van der Waals surface area contributed by atoms with Crippen molar-refractivity contribution in [3.05, 3.63) is 58.1 Å². The summed E-state index contributed by atoms with van der Waals surface area (Å²) in [6.07, 6.45) is -1.70. The Morgan fingerprint density at radius 1 is 1.17 bits per heavy atom. The smallest absolute Gasteiger partial charge is 0.271 e. The fourth-order valence-electron chi connectivity index (χ4n) is 2.72. The molecule has 3 rings (SSSR count). The summed E-state index contributed by atoms with van der Waals surface area (Å²) >= 11 is 3.45. The Hall–Kier alpha value is -1.60. The van der Waals surface area contributed by atoms with Crippen LogP contribution >= 0.6 is 15.9 Å². The molecule has 0 radical (unpaired) electrons. The molecule has 0 saturated carbocycles. The van der Waals surface area contributed by atoms with Crippen LogP contribution < -0.4 is 9.47 Å². The van der Waals surface area contributed by atoms with Gasteiger partial charge in [0.25, 0.3) is 6.29 Å². The van der Waals surface area contributed by atoms with E-state index in [0.29, 0.717) is 24.6 Å². The van der Waals surface area contributed by atoms with Crippen LogP contribution in [-0.4, -0.2) is 41.6 Å². The summed E-state index contributed by atoms with van der Waals surface area (Å²) in [5.41, 5.74) is 1.71. The molecule has 6 heteroatoms. The third-order valence-corrected chi connectivity index (χ3v) is 4.43. The molecule has 0 fully saturated rings. The number of halogens is 1. The van der Waals surface area contributed by atoms with Gasteiger partial charge >= 0.3 is 0 Å². The number of fused-ring (bicyclic) bond motifs is 1. The Morgan fingerprint density at radius 2 is 1.83 bits per heavy atom. The van der Waals surface area contributed by atoms with Crippen molar-refractivity contribution in [3.8, 4) is 11.5 Å². The van der Waals surface area contributed by atoms with E-state index < -0.39 is 12.4 Å². The maximum Gasteiger partial charge on any atom is 0.271 e. The average Bonchev–Trinajstić information content (AvgIpc) is 3.00. The highest BCUT2D eigenvalue weighted by atomic mass is 79.9. The molecule has 0 spiro atoms. The van der Waals surface area contributed by atoms with Gasteiger partial charge in [0.1, 0.15) is 0 Å². The van der Waals surface area contributed by atoms with E-state index in [-0.39, 0.29) is 6.61 Å². The van der Waals surface area contributed by atoms with Gasteiger partial charge in [-0.25, -0.2) is 0 Å². The Kier molecular flexibility index (Phi) is 5.40. The molecule has 0 bridgehead atoms. The lowest BCUT2D eigenvalue weighted by atomic mass is 10.0. The van der Waals surface area contributed by atoms with Crippen molar-refractivity contribution in [1.82, 2.24) is 4.90 Å². The summed E-state index contributed by atoms with van der Waals surface area (Å²) in [5, 5.41) is 19.9. The van der Waals surface area contributed by atoms with Gasteiger partial charge in [-0.3, -0.25) is 4.90 Å². The van der Waals surface area contributed by atoms with E-state index in [2.05, 4.69) is 15.9 Å². The second-order valence-corrected chi connectivity index (χ2v) is 6.72. The van der Waals surface area contributed by atoms with Crippen molar-refractivity contribution in [1.29, 1.82) is 0 Å². The molecule has 0 aromatic heterocycles. The van der Waals surface area contributed by atoms with Crippen molar-refractivity contribution < 1.29 is 19.7 Å². The van der Waals surface area contributed by atoms with E-state index in [4.69, 9.17) is 14.6 Å². The molecule has 1 atom stereocenters. The largest absolute Gasteiger partial charge is 0.448 e. The van der Waals surface area contributed by atoms with Crippen LogP contribution in [0.25, 0.3) is 0 Å². The minimum atomic E-state index is -0.924. The third-order valence-electron chi connectivity index (χ3n) is 3.94. The number of hydrogen-bond acceptors (Lipinski definition) is 5. The lowest BCUT2D eigenvalue weighted by Crippen LogP contribution is -2.29. The van der Waals surface area contributed by atoms with Crippen molar-refractivity contribution in [2.75, 3.05) is 20.2 Å². The number of rotatable bonds is 6. The maximum atomic E-state index is 10.8. The molecule has 0 amide bonds. The predicted octanol–water partition coefficient (Wildman–Crippen LogP) is 2.70. The first-order chi connectivity index (χ1) is 11.6. The monoisotopic (exact) mass is 393 g/mol. The molecule has 1 unspecified atom stereocenters. The fraction of sp³-hybridized carbons (Fsp3) is 0.333. The quantitative estimate of drug-likeness (QED) is 0.789. The summed E-state index contributed by atoms with van der Waals surface area (Å²) < 4.78 is 12.3. The van der Waals surface area contributed by atoms with Crippen LogP contribution in [0.5, 0.6) is 11.5 Å². The SMILES string of the molecule is CN(CCO)Cc1ccc(Br)cc1C(O)C1Oc2ccccc2O1. The first kappa shape index (κ1) is 17.2. The lowest BCUT2D eigenvalue weighted by molar-refractivity contribution is -0.0610. The standard InChI is InChI=1S/C18H20BrNO4/c1-20(8-9-21)11-12-6-7-13(19)10-14(12)17(22)18-23-15-4-2-3-5-16(15)24-18/h2-7,10,17-18,21-22H,8-9,11H2,1H3. The first-order valence-corrected chi connectivity index (χ1v) is 8.56. The number of aliphatic hydroxyl groups excluding tert-OH is 2. The molecule has 2 aromatic carbocycles. The van der Waals surface area contributed by atoms with Gasteiger partial charge in [0.05, 0.1) is 6.61 Å². The molecule has 1 aliphatic heterocycles. The Bertz CT molecular complexity index is 684. The van der Waals surface area contributed by atoms with E-state index in [0.717, 1.165) is 15.6 Å². The molecule has 1 aliphatic rings. The number of hydrogen-bond donors (Lipinski definition) is 2. The molecule has 2 aromatic rings. The minimum Gasteiger partial charge on any atom is -0.448 e. The predicted molar refractivity (Wildman–Crippen MR) is 94.0 cm³/mol. The molecule has 24 heavy (non-hydrogen) atoms. The lowest BCUT2D eigenvalue weighted by Gasteiger charge is -2.23. The van der Waals surface area contributed by atoms with Crippen LogP contribution in [0.4, 0.5) is 0 Å². The molecular weight excluding hydrogens is 374 g/mol. The van der Waals surface area contributed by atoms with Gasteiger partial charge in [0, 0.05) is 17.6 Å². The number of likely N-dealkylation sites (N-methyl/N-ethyl adjacent to an activating group) is 1. The zero-order valence-electron chi connectivity index (χ0n) is 13.4. The summed E-state index contributed by atoms with van der Waals surface area (Å²) in [5.74, 6) is 1.27. The Balaban J connectivity index is 1.82. The molecule has 128 valence electrons. The second-order valence-electron chi connectivity index (χ2n) is 5.80. The first-order valence-electron chi connectivity index (χ1n) is 7.76. The molecule has 2 N–H and O–H groups in total. The summed E-state index contributed by atoms with van der Waals surface area (Å²) in [6.45, 7) is 1.27. The fourth-order valence-corrected chi connectivity index (χ4v) is 3.10. The summed E-state index contributed by atoms with van der Waals surface area (Å²) in [6, 6.07) is 13.1. The zero-order valence-corrected chi connectivity index (χ0v) is 14.9. The van der Waals surface area contributed by atoms with Crippen LogP contribution in [0.3, 0.4) is 0 Å². The molecular formula is C18H20BrNO4. The number of nitrogens with zero attached hydrogens (tertiary/aromatic N) is 1. The topological polar surface area (TPSA) is 62.2 Å². The highest BCUT2D eigenvalue weighted by Crippen LogP contribution is 2.38. The number of aliphatic hydroxyl groups is 2. The average molecular weight is 394 g/mol. The van der Waals surface area contributed by atoms with Crippen molar-refractivity contribution in [2.24, 2.45) is 0 Å². The zero-order chi connectivity index (χ0) is 17.1. The Morgan fingerprint density at radius 3 is 2.46 bits per heavy atom. The van der Waals surface area contributed by atoms with Crippen LogP contribution in [0, 0.1) is 0 Å². The van der Waals surface area contributed by atoms with Gasteiger partial charge < -0.3 is 19.7 Å². The third kappa shape index (κ3) is 3.72. The van der Waals surface area contributed by atoms with Gasteiger partial charge in [0.2, 0.25) is 0 Å². The van der Waals surface area contributed by atoms with E-state index in [1.165, 1.54) is 0 Å². The van der Waals surface area contributed by atoms with Crippen LogP contribution in [0.2, 0.25) is 0 Å². The van der Waals surface area contributed by atoms with Gasteiger partial charge in [-0.1, -0.05) is 34.1 Å².